The van der Waals surface area contributed by atoms with E-state index in [-0.39, 0.29) is 0 Å². The summed E-state index contributed by atoms with van der Waals surface area (Å²) in [6.07, 6.45) is 0. The van der Waals surface area contributed by atoms with Crippen molar-refractivity contribution in [2.45, 2.75) is 0 Å². The number of hydrogen-bond acceptors (Lipinski definition) is 4. The average Bonchev–Trinajstić information content (AvgIpc) is 3.56. The van der Waals surface area contributed by atoms with E-state index in [2.05, 4.69) is 133 Å². The molecule has 0 aliphatic carbocycles. The van der Waals surface area contributed by atoms with Crippen molar-refractivity contribution in [1.82, 2.24) is 15.0 Å². The van der Waals surface area contributed by atoms with Crippen LogP contribution in [0.3, 0.4) is 0 Å². The highest BCUT2D eigenvalue weighted by Gasteiger charge is 2.18. The molecule has 0 fully saturated rings. The van der Waals surface area contributed by atoms with Gasteiger partial charge in [-0.25, -0.2) is 15.0 Å². The lowest BCUT2D eigenvalue weighted by Gasteiger charge is -2.14. The fraction of sp³-hybridized carbons (Fsp3) is 0. The molecule has 2 heterocycles. The lowest BCUT2D eigenvalue weighted by atomic mass is 9.98. The van der Waals surface area contributed by atoms with Crippen molar-refractivity contribution < 1.29 is 4.42 Å². The molecule has 230 valence electrons. The highest BCUT2D eigenvalue weighted by atomic mass is 16.3. The van der Waals surface area contributed by atoms with Gasteiger partial charge in [0, 0.05) is 27.5 Å². The van der Waals surface area contributed by atoms with Crippen molar-refractivity contribution in [2.24, 2.45) is 0 Å². The summed E-state index contributed by atoms with van der Waals surface area (Å²) in [6.45, 7) is 0. The molecule has 2 aromatic heterocycles. The Morgan fingerprint density at radius 2 is 0.735 bits per heavy atom. The Kier molecular flexibility index (Phi) is 7.10. The predicted octanol–water partition coefficient (Wildman–Crippen LogP) is 11.8. The lowest BCUT2D eigenvalue weighted by molar-refractivity contribution is 0.669. The molecule has 0 amide bonds. The van der Waals surface area contributed by atoms with Crippen LogP contribution >= 0.6 is 0 Å². The summed E-state index contributed by atoms with van der Waals surface area (Å²) in [5.41, 5.74) is 11.2. The molecule has 9 aromatic rings. The molecule has 0 bridgehead atoms. The van der Waals surface area contributed by atoms with E-state index >= 15 is 0 Å². The van der Waals surface area contributed by atoms with Crippen molar-refractivity contribution in [1.29, 1.82) is 0 Å². The zero-order valence-electron chi connectivity index (χ0n) is 26.5. The van der Waals surface area contributed by atoms with Gasteiger partial charge in [-0.2, -0.15) is 0 Å². The van der Waals surface area contributed by atoms with Crippen LogP contribution in [0, 0.1) is 0 Å². The zero-order valence-corrected chi connectivity index (χ0v) is 26.5. The minimum Gasteiger partial charge on any atom is -0.456 e. The van der Waals surface area contributed by atoms with Gasteiger partial charge >= 0.3 is 0 Å². The number of para-hydroxylation sites is 1. The molecule has 4 nitrogen and oxygen atoms in total. The summed E-state index contributed by atoms with van der Waals surface area (Å²) in [5.74, 6) is 1.88. The van der Waals surface area contributed by atoms with E-state index in [1.807, 2.05) is 42.5 Å². The van der Waals surface area contributed by atoms with E-state index in [1.54, 1.807) is 0 Å². The molecular formula is C45H29N3O. The second-order valence-corrected chi connectivity index (χ2v) is 12.0. The van der Waals surface area contributed by atoms with Gasteiger partial charge < -0.3 is 4.42 Å². The van der Waals surface area contributed by atoms with Crippen molar-refractivity contribution in [3.05, 3.63) is 176 Å². The quantitative estimate of drug-likeness (QED) is 0.184. The number of aromatic nitrogens is 3. The van der Waals surface area contributed by atoms with E-state index in [1.165, 1.54) is 0 Å². The van der Waals surface area contributed by atoms with Crippen molar-refractivity contribution in [2.75, 3.05) is 0 Å². The molecule has 0 saturated heterocycles. The Morgan fingerprint density at radius 1 is 0.286 bits per heavy atom. The molecule has 0 N–H and O–H groups in total. The largest absolute Gasteiger partial charge is 0.456 e. The predicted molar refractivity (Wildman–Crippen MR) is 200 cm³/mol. The fourth-order valence-electron chi connectivity index (χ4n) is 6.56. The molecule has 0 unspecified atom stereocenters. The van der Waals surface area contributed by atoms with E-state index < -0.39 is 0 Å². The molecule has 4 heteroatoms. The van der Waals surface area contributed by atoms with Gasteiger partial charge in [-0.1, -0.05) is 158 Å². The number of rotatable bonds is 6. The maximum absolute atomic E-state index is 6.07. The van der Waals surface area contributed by atoms with Gasteiger partial charge in [0.1, 0.15) is 11.2 Å². The van der Waals surface area contributed by atoms with Gasteiger partial charge in [0.15, 0.2) is 17.5 Å². The number of fused-ring (bicyclic) bond motifs is 3. The third-order valence-corrected chi connectivity index (χ3v) is 8.99. The molecule has 0 spiro atoms. The molecular weight excluding hydrogens is 599 g/mol. The van der Waals surface area contributed by atoms with Crippen LogP contribution in [0.5, 0.6) is 0 Å². The Hall–Kier alpha value is -6.65. The van der Waals surface area contributed by atoms with Crippen LogP contribution in [-0.4, -0.2) is 15.0 Å². The van der Waals surface area contributed by atoms with Gasteiger partial charge in [0.25, 0.3) is 0 Å². The summed E-state index contributed by atoms with van der Waals surface area (Å²) in [4.78, 5) is 15.4. The zero-order chi connectivity index (χ0) is 32.6. The fourth-order valence-corrected chi connectivity index (χ4v) is 6.56. The molecule has 0 saturated carbocycles. The summed E-state index contributed by atoms with van der Waals surface area (Å²) >= 11 is 0. The Bertz CT molecular complexity index is 2490. The first-order valence-electron chi connectivity index (χ1n) is 16.4. The van der Waals surface area contributed by atoms with E-state index in [0.717, 1.165) is 72.0 Å². The molecule has 0 aliphatic rings. The van der Waals surface area contributed by atoms with Crippen molar-refractivity contribution in [3.8, 4) is 67.5 Å². The molecule has 9 rings (SSSR count). The molecule has 0 aliphatic heterocycles. The van der Waals surface area contributed by atoms with Gasteiger partial charge in [-0.3, -0.25) is 0 Å². The molecule has 7 aromatic carbocycles. The van der Waals surface area contributed by atoms with Crippen LogP contribution in [0.1, 0.15) is 0 Å². The highest BCUT2D eigenvalue weighted by molar-refractivity contribution is 6.06. The Morgan fingerprint density at radius 3 is 1.35 bits per heavy atom. The van der Waals surface area contributed by atoms with Gasteiger partial charge in [0.2, 0.25) is 0 Å². The summed E-state index contributed by atoms with van der Waals surface area (Å²) < 4.78 is 6.07. The van der Waals surface area contributed by atoms with Crippen LogP contribution in [0.15, 0.2) is 180 Å². The average molecular weight is 628 g/mol. The lowest BCUT2D eigenvalue weighted by Crippen LogP contribution is -2.02. The first-order chi connectivity index (χ1) is 24.3. The second-order valence-electron chi connectivity index (χ2n) is 12.0. The van der Waals surface area contributed by atoms with E-state index in [9.17, 15) is 0 Å². The normalized spacial score (nSPS) is 11.3. The SMILES string of the molecule is c1ccc(-c2ccccc2-c2nc(-c3ccc(-c4ccc5oc6ccccc6c5c4)cc3)nc(-c3ccccc3-c3ccccc3)n2)cc1. The first kappa shape index (κ1) is 28.6. The van der Waals surface area contributed by atoms with Gasteiger partial charge in [-0.05, 0) is 51.6 Å². The van der Waals surface area contributed by atoms with Crippen LogP contribution < -0.4 is 0 Å². The monoisotopic (exact) mass is 627 g/mol. The number of furan rings is 1. The van der Waals surface area contributed by atoms with Crippen LogP contribution in [-0.2, 0) is 0 Å². The maximum Gasteiger partial charge on any atom is 0.164 e. The maximum atomic E-state index is 6.07. The smallest absolute Gasteiger partial charge is 0.164 e. The minimum atomic E-state index is 0.619. The van der Waals surface area contributed by atoms with Crippen LogP contribution in [0.2, 0.25) is 0 Å². The number of nitrogens with zero attached hydrogens (tertiary/aromatic N) is 3. The van der Waals surface area contributed by atoms with Crippen LogP contribution in [0.4, 0.5) is 0 Å². The van der Waals surface area contributed by atoms with Crippen LogP contribution in [0.25, 0.3) is 89.5 Å². The van der Waals surface area contributed by atoms with E-state index in [4.69, 9.17) is 19.4 Å². The van der Waals surface area contributed by atoms with Gasteiger partial charge in [0.05, 0.1) is 0 Å². The van der Waals surface area contributed by atoms with Gasteiger partial charge in [-0.15, -0.1) is 0 Å². The van der Waals surface area contributed by atoms with Crippen molar-refractivity contribution in [3.63, 3.8) is 0 Å². The molecule has 0 atom stereocenters. The topological polar surface area (TPSA) is 51.8 Å². The third-order valence-electron chi connectivity index (χ3n) is 8.99. The standard InChI is InChI=1S/C45H29N3O/c1-3-13-31(14-4-1)35-17-7-9-20-38(35)44-46-43(47-45(48-44)39-21-10-8-18-36(39)32-15-5-2-6-16-32)33-25-23-30(24-26-33)34-27-28-42-40(29-34)37-19-11-12-22-41(37)49-42/h1-29H. The summed E-state index contributed by atoms with van der Waals surface area (Å²) in [6, 6.07) is 60.4. The second kappa shape index (κ2) is 12.2. The number of benzene rings is 7. The minimum absolute atomic E-state index is 0.619. The van der Waals surface area contributed by atoms with E-state index in [0.29, 0.717) is 17.5 Å². The van der Waals surface area contributed by atoms with Crippen molar-refractivity contribution >= 4 is 21.9 Å². The summed E-state index contributed by atoms with van der Waals surface area (Å²) in [7, 11) is 0. The third kappa shape index (κ3) is 5.35. The number of hydrogen-bond donors (Lipinski definition) is 0. The summed E-state index contributed by atoms with van der Waals surface area (Å²) in [5, 5.41) is 2.23. The molecule has 0 radical (unpaired) electrons. The Labute approximate surface area is 284 Å². The highest BCUT2D eigenvalue weighted by Crippen LogP contribution is 2.36. The Balaban J connectivity index is 1.19. The first-order valence-corrected chi connectivity index (χ1v) is 16.4. The molecule has 49 heavy (non-hydrogen) atoms.